The minimum Gasteiger partial charge on any atom is -0.127 e. The molecule has 1 heteroatoms. The van der Waals surface area contributed by atoms with E-state index in [1.165, 1.54) is 12.3 Å². The molecule has 64 valence electrons. The van der Waals surface area contributed by atoms with Crippen molar-refractivity contribution in [3.63, 3.8) is 0 Å². The summed E-state index contributed by atoms with van der Waals surface area (Å²) in [5.41, 5.74) is 1.85. The Morgan fingerprint density at radius 1 is 1.42 bits per heavy atom. The van der Waals surface area contributed by atoms with Gasteiger partial charge in [-0.15, -0.1) is 20.7 Å². The Labute approximate surface area is 83.2 Å². The van der Waals surface area contributed by atoms with Crippen LogP contribution in [-0.2, 0) is 0 Å². The molecule has 2 saturated carbocycles. The molecular formula is C11H13I. The lowest BCUT2D eigenvalue weighted by Gasteiger charge is -2.13. The van der Waals surface area contributed by atoms with Crippen molar-refractivity contribution < 1.29 is 0 Å². The zero-order valence-corrected chi connectivity index (χ0v) is 9.20. The number of allylic oxidation sites excluding steroid dienone is 2. The fourth-order valence-corrected chi connectivity index (χ4v) is 6.68. The largest absolute Gasteiger partial charge is 0.127 e. The number of rotatable bonds is 1. The van der Waals surface area contributed by atoms with Crippen LogP contribution < -0.4 is 0 Å². The van der Waals surface area contributed by atoms with Gasteiger partial charge in [-0.2, -0.15) is 0 Å². The smallest absolute Gasteiger partial charge is 0.00237 e. The average molecular weight is 272 g/mol. The van der Waals surface area contributed by atoms with Gasteiger partial charge in [0, 0.05) is 0 Å². The Morgan fingerprint density at radius 2 is 2.33 bits per heavy atom. The summed E-state index contributed by atoms with van der Waals surface area (Å²) < 4.78 is 4.38. The van der Waals surface area contributed by atoms with E-state index in [1.54, 1.807) is 10.8 Å². The first-order chi connectivity index (χ1) is 5.95. The van der Waals surface area contributed by atoms with E-state index in [1.807, 2.05) is 5.57 Å². The molecule has 4 aliphatic rings. The van der Waals surface area contributed by atoms with Crippen molar-refractivity contribution in [1.82, 2.24) is 0 Å². The van der Waals surface area contributed by atoms with Crippen LogP contribution in [-0.4, -0.2) is 8.44 Å². The fraction of sp³-hybridized carbons (Fsp3) is 0.727. The molecule has 5 unspecified atom stereocenters. The van der Waals surface area contributed by atoms with Crippen molar-refractivity contribution in [3.8, 4) is 0 Å². The molecule has 3 aliphatic carbocycles. The van der Waals surface area contributed by atoms with Gasteiger partial charge in [0.05, 0.1) is 0 Å². The zero-order valence-electron chi connectivity index (χ0n) is 7.04. The van der Waals surface area contributed by atoms with E-state index >= 15 is 0 Å². The van der Waals surface area contributed by atoms with Gasteiger partial charge in [-0.1, -0.05) is 15.7 Å². The first-order valence-electron chi connectivity index (χ1n) is 5.06. The van der Waals surface area contributed by atoms with E-state index < -0.39 is 0 Å². The van der Waals surface area contributed by atoms with Crippen LogP contribution in [0.5, 0.6) is 0 Å². The van der Waals surface area contributed by atoms with E-state index in [9.17, 15) is 0 Å². The summed E-state index contributed by atoms with van der Waals surface area (Å²) in [6, 6.07) is 0. The molecule has 4 rings (SSSR count). The standard InChI is InChI=1S/C11H13I/c1-2-8-7(1)11(8)10-5-12-4-6-3-9(6)10/h1,5-6,8-11H,2-4H2. The highest BCUT2D eigenvalue weighted by atomic mass is 127. The van der Waals surface area contributed by atoms with Gasteiger partial charge >= 0.3 is 0 Å². The van der Waals surface area contributed by atoms with Crippen LogP contribution in [0.15, 0.2) is 11.6 Å². The lowest BCUT2D eigenvalue weighted by atomic mass is 9.98. The third kappa shape index (κ3) is 0.722. The van der Waals surface area contributed by atoms with Gasteiger partial charge in [0.25, 0.3) is 0 Å². The summed E-state index contributed by atoms with van der Waals surface area (Å²) >= 11 is 0.519. The maximum absolute atomic E-state index is 2.76. The Hall–Kier alpha value is 0.340. The maximum atomic E-state index is 2.76. The molecular weight excluding hydrogens is 259 g/mol. The summed E-state index contributed by atoms with van der Waals surface area (Å²) in [6.07, 6.45) is 5.52. The van der Waals surface area contributed by atoms with E-state index in [4.69, 9.17) is 0 Å². The van der Waals surface area contributed by atoms with E-state index in [2.05, 4.69) is 10.1 Å². The molecule has 12 heavy (non-hydrogen) atoms. The number of hydrogen-bond donors (Lipinski definition) is 0. The molecule has 0 aromatic carbocycles. The minimum atomic E-state index is 0.519. The van der Waals surface area contributed by atoms with E-state index in [0.29, 0.717) is 20.7 Å². The third-order valence-corrected chi connectivity index (χ3v) is 7.13. The van der Waals surface area contributed by atoms with Crippen molar-refractivity contribution in [1.29, 1.82) is 0 Å². The van der Waals surface area contributed by atoms with Crippen LogP contribution in [0.3, 0.4) is 0 Å². The number of hydrogen-bond acceptors (Lipinski definition) is 0. The predicted molar refractivity (Wildman–Crippen MR) is 59.7 cm³/mol. The Bertz CT molecular complexity index is 302. The molecule has 0 radical (unpaired) electrons. The molecule has 5 atom stereocenters. The molecule has 1 aliphatic heterocycles. The van der Waals surface area contributed by atoms with Gasteiger partial charge in [-0.25, -0.2) is 0 Å². The molecule has 0 spiro atoms. The third-order valence-electron chi connectivity index (χ3n) is 4.15. The minimum absolute atomic E-state index is 0.519. The van der Waals surface area contributed by atoms with Crippen LogP contribution in [0.2, 0.25) is 0 Å². The van der Waals surface area contributed by atoms with Crippen molar-refractivity contribution >= 4 is 24.7 Å². The Morgan fingerprint density at radius 3 is 3.08 bits per heavy atom. The molecule has 2 fully saturated rings. The fourth-order valence-electron chi connectivity index (χ4n) is 3.15. The number of fused-ring (bicyclic) bond motifs is 2. The molecule has 0 amide bonds. The van der Waals surface area contributed by atoms with Crippen LogP contribution in [0.4, 0.5) is 0 Å². The number of halogens is 1. The summed E-state index contributed by atoms with van der Waals surface area (Å²) in [4.78, 5) is 0. The second kappa shape index (κ2) is 2.05. The number of alkyl halides is 1. The van der Waals surface area contributed by atoms with Crippen molar-refractivity contribution in [2.45, 2.75) is 12.8 Å². The van der Waals surface area contributed by atoms with Crippen molar-refractivity contribution in [2.24, 2.45) is 29.6 Å². The average Bonchev–Trinajstić information content (AvgIpc) is 2.85. The van der Waals surface area contributed by atoms with E-state index in [-0.39, 0.29) is 0 Å². The Kier molecular flexibility index (Phi) is 1.15. The summed E-state index contributed by atoms with van der Waals surface area (Å²) in [5, 5.41) is 0. The monoisotopic (exact) mass is 272 g/mol. The zero-order chi connectivity index (χ0) is 7.71. The van der Waals surface area contributed by atoms with Crippen LogP contribution in [0.25, 0.3) is 0 Å². The van der Waals surface area contributed by atoms with Gasteiger partial charge in [0.2, 0.25) is 0 Å². The summed E-state index contributed by atoms with van der Waals surface area (Å²) in [7, 11) is 0. The normalized spacial score (nSPS) is 58.7. The lowest BCUT2D eigenvalue weighted by molar-refractivity contribution is 0.501. The molecule has 0 saturated heterocycles. The van der Waals surface area contributed by atoms with Gasteiger partial charge in [-0.3, -0.25) is 0 Å². The molecule has 0 aromatic heterocycles. The molecule has 1 heterocycles. The Balaban J connectivity index is 1.64. The summed E-state index contributed by atoms with van der Waals surface area (Å²) in [6.45, 7) is 0. The van der Waals surface area contributed by atoms with Crippen molar-refractivity contribution in [2.75, 3.05) is 4.43 Å². The highest BCUT2D eigenvalue weighted by Crippen LogP contribution is 2.65. The second-order valence-corrected chi connectivity index (χ2v) is 7.22. The molecule has 0 N–H and O–H groups in total. The van der Waals surface area contributed by atoms with Crippen LogP contribution in [0, 0.1) is 29.6 Å². The molecule has 0 nitrogen and oxygen atoms in total. The molecule has 0 bridgehead atoms. The maximum Gasteiger partial charge on any atom is -0.00237 e. The van der Waals surface area contributed by atoms with Gasteiger partial charge in [0.1, 0.15) is 0 Å². The van der Waals surface area contributed by atoms with Crippen LogP contribution in [0.1, 0.15) is 12.8 Å². The van der Waals surface area contributed by atoms with Crippen LogP contribution >= 0.6 is 20.7 Å². The lowest BCUT2D eigenvalue weighted by Crippen LogP contribution is -2.12. The predicted octanol–water partition coefficient (Wildman–Crippen LogP) is 2.60. The SMILES string of the molecule is C1=ICC2CC2C1C1C2=CCC21. The van der Waals surface area contributed by atoms with Gasteiger partial charge < -0.3 is 0 Å². The van der Waals surface area contributed by atoms with Gasteiger partial charge in [0.15, 0.2) is 0 Å². The highest BCUT2D eigenvalue weighted by molar-refractivity contribution is 14.2. The van der Waals surface area contributed by atoms with Crippen molar-refractivity contribution in [3.05, 3.63) is 11.6 Å². The quantitative estimate of drug-likeness (QED) is 0.391. The topological polar surface area (TPSA) is 0 Å². The second-order valence-electron chi connectivity index (χ2n) is 4.74. The van der Waals surface area contributed by atoms with Gasteiger partial charge in [-0.05, 0) is 46.9 Å². The van der Waals surface area contributed by atoms with E-state index in [0.717, 1.165) is 23.7 Å². The first kappa shape index (κ1) is 6.74. The highest BCUT2D eigenvalue weighted by Gasteiger charge is 2.58. The summed E-state index contributed by atoms with van der Waals surface area (Å²) in [5.74, 6) is 5.62. The first-order valence-corrected chi connectivity index (χ1v) is 7.83. The molecule has 0 aromatic rings.